The number of benzene rings is 2. The molecule has 0 bridgehead atoms. The number of hydrogen-bond acceptors (Lipinski definition) is 4. The summed E-state index contributed by atoms with van der Waals surface area (Å²) >= 11 is 3.44. The van der Waals surface area contributed by atoms with E-state index in [9.17, 15) is 14.7 Å². The molecule has 5 nitrogen and oxygen atoms in total. The molecule has 1 aliphatic heterocycles. The molecule has 0 spiro atoms. The zero-order valence-corrected chi connectivity index (χ0v) is 19.1. The van der Waals surface area contributed by atoms with Gasteiger partial charge in [0.2, 0.25) is 0 Å². The summed E-state index contributed by atoms with van der Waals surface area (Å²) in [5, 5.41) is 11.1. The van der Waals surface area contributed by atoms with Crippen LogP contribution in [0.1, 0.15) is 39.6 Å². The summed E-state index contributed by atoms with van der Waals surface area (Å²) in [7, 11) is 0. The summed E-state index contributed by atoms with van der Waals surface area (Å²) in [5.74, 6) is -1.15. The average Bonchev–Trinajstić information content (AvgIpc) is 3.35. The quantitative estimate of drug-likeness (QED) is 0.300. The molecular weight excluding hydrogens is 458 g/mol. The molecule has 2 aromatic carbocycles. The van der Waals surface area contributed by atoms with E-state index in [1.165, 1.54) is 11.2 Å². The molecule has 6 heteroatoms. The van der Waals surface area contributed by atoms with E-state index >= 15 is 0 Å². The SMILES string of the molecule is Cc1ccc(C)c(CN2C(=O)C(=O)/C(=C(\O)c3ccc(Br)c(C)c3)C2c2ccco2)c1. The van der Waals surface area contributed by atoms with Crippen LogP contribution in [0.5, 0.6) is 0 Å². The first-order valence-corrected chi connectivity index (χ1v) is 10.7. The van der Waals surface area contributed by atoms with Gasteiger partial charge in [0.15, 0.2) is 0 Å². The molecule has 1 N–H and O–H groups in total. The Morgan fingerprint density at radius 3 is 2.52 bits per heavy atom. The molecule has 0 radical (unpaired) electrons. The third-order valence-corrected chi connectivity index (χ3v) is 6.52. The van der Waals surface area contributed by atoms with Crippen LogP contribution >= 0.6 is 15.9 Å². The maximum Gasteiger partial charge on any atom is 0.296 e. The first-order valence-electron chi connectivity index (χ1n) is 9.92. The Bertz CT molecular complexity index is 1210. The van der Waals surface area contributed by atoms with Gasteiger partial charge in [-0.1, -0.05) is 45.8 Å². The number of Topliss-reactive ketones (excluding diaryl/α,β-unsaturated/α-hetero) is 1. The monoisotopic (exact) mass is 479 g/mol. The van der Waals surface area contributed by atoms with Gasteiger partial charge in [-0.25, -0.2) is 0 Å². The van der Waals surface area contributed by atoms with E-state index in [0.717, 1.165) is 26.7 Å². The maximum atomic E-state index is 13.1. The van der Waals surface area contributed by atoms with Crippen molar-refractivity contribution in [2.24, 2.45) is 0 Å². The smallest absolute Gasteiger partial charge is 0.296 e. The third kappa shape index (κ3) is 3.83. The van der Waals surface area contributed by atoms with Crippen molar-refractivity contribution in [1.82, 2.24) is 4.90 Å². The topological polar surface area (TPSA) is 70.8 Å². The second-order valence-corrected chi connectivity index (χ2v) is 8.69. The molecule has 1 saturated heterocycles. The van der Waals surface area contributed by atoms with Gasteiger partial charge in [0.25, 0.3) is 11.7 Å². The van der Waals surface area contributed by atoms with Crippen molar-refractivity contribution in [1.29, 1.82) is 0 Å². The Kier molecular flexibility index (Phi) is 5.58. The Hall–Kier alpha value is -3.12. The van der Waals surface area contributed by atoms with E-state index in [4.69, 9.17) is 4.42 Å². The van der Waals surface area contributed by atoms with Crippen LogP contribution in [0.2, 0.25) is 0 Å². The van der Waals surface area contributed by atoms with Gasteiger partial charge in [0, 0.05) is 16.6 Å². The lowest BCUT2D eigenvalue weighted by atomic mass is 9.98. The number of carbonyl (C=O) groups is 2. The van der Waals surface area contributed by atoms with Gasteiger partial charge < -0.3 is 14.4 Å². The number of halogens is 1. The molecule has 1 amide bonds. The highest BCUT2D eigenvalue weighted by atomic mass is 79.9. The molecule has 0 saturated carbocycles. The second kappa shape index (κ2) is 8.19. The van der Waals surface area contributed by atoms with Crippen molar-refractivity contribution >= 4 is 33.4 Å². The van der Waals surface area contributed by atoms with E-state index < -0.39 is 17.7 Å². The Labute approximate surface area is 189 Å². The highest BCUT2D eigenvalue weighted by Crippen LogP contribution is 2.41. The molecule has 158 valence electrons. The number of furan rings is 1. The molecule has 1 atom stereocenters. The van der Waals surface area contributed by atoms with Gasteiger partial charge in [-0.15, -0.1) is 0 Å². The second-order valence-electron chi connectivity index (χ2n) is 7.84. The zero-order chi connectivity index (χ0) is 22.3. The predicted octanol–water partition coefficient (Wildman–Crippen LogP) is 5.59. The number of nitrogens with zero attached hydrogens (tertiary/aromatic N) is 1. The lowest BCUT2D eigenvalue weighted by Gasteiger charge is -2.24. The minimum atomic E-state index is -0.807. The van der Waals surface area contributed by atoms with Crippen LogP contribution in [0, 0.1) is 20.8 Å². The number of aliphatic hydroxyl groups excluding tert-OH is 1. The fourth-order valence-electron chi connectivity index (χ4n) is 3.89. The highest BCUT2D eigenvalue weighted by Gasteiger charge is 2.47. The van der Waals surface area contributed by atoms with Crippen LogP contribution in [0.3, 0.4) is 0 Å². The number of aryl methyl sites for hydroxylation is 3. The summed E-state index contributed by atoms with van der Waals surface area (Å²) in [6, 6.07) is 13.9. The van der Waals surface area contributed by atoms with Crippen molar-refractivity contribution in [3.8, 4) is 0 Å². The highest BCUT2D eigenvalue weighted by molar-refractivity contribution is 9.10. The number of rotatable bonds is 4. The third-order valence-electron chi connectivity index (χ3n) is 5.63. The van der Waals surface area contributed by atoms with E-state index in [1.54, 1.807) is 30.3 Å². The van der Waals surface area contributed by atoms with Crippen molar-refractivity contribution in [2.75, 3.05) is 0 Å². The molecule has 31 heavy (non-hydrogen) atoms. The van der Waals surface area contributed by atoms with Gasteiger partial charge in [-0.05, 0) is 61.7 Å². The van der Waals surface area contributed by atoms with Crippen molar-refractivity contribution < 1.29 is 19.1 Å². The molecular formula is C25H22BrNO4. The number of amides is 1. The average molecular weight is 480 g/mol. The maximum absolute atomic E-state index is 13.1. The molecule has 1 fully saturated rings. The van der Waals surface area contributed by atoms with E-state index in [0.29, 0.717) is 11.3 Å². The van der Waals surface area contributed by atoms with E-state index in [1.807, 2.05) is 39.0 Å². The summed E-state index contributed by atoms with van der Waals surface area (Å²) in [6.07, 6.45) is 1.50. The van der Waals surface area contributed by atoms with Gasteiger partial charge >= 0.3 is 0 Å². The first kappa shape index (κ1) is 21.1. The molecule has 4 rings (SSSR count). The summed E-state index contributed by atoms with van der Waals surface area (Å²) in [4.78, 5) is 27.6. The van der Waals surface area contributed by atoms with Crippen LogP contribution in [0.25, 0.3) is 5.76 Å². The van der Waals surface area contributed by atoms with Gasteiger partial charge in [-0.3, -0.25) is 9.59 Å². The van der Waals surface area contributed by atoms with Crippen molar-refractivity contribution in [3.05, 3.63) is 98.4 Å². The van der Waals surface area contributed by atoms with Gasteiger partial charge in [-0.2, -0.15) is 0 Å². The Morgan fingerprint density at radius 2 is 1.84 bits per heavy atom. The molecule has 1 unspecified atom stereocenters. The number of likely N-dealkylation sites (tertiary alicyclic amines) is 1. The molecule has 2 heterocycles. The summed E-state index contributed by atoms with van der Waals surface area (Å²) in [6.45, 7) is 6.08. The molecule has 1 aromatic heterocycles. The van der Waals surface area contributed by atoms with Crippen LogP contribution in [0.4, 0.5) is 0 Å². The number of carbonyl (C=O) groups excluding carboxylic acids is 2. The Balaban J connectivity index is 1.85. The lowest BCUT2D eigenvalue weighted by Crippen LogP contribution is -2.29. The summed E-state index contributed by atoms with van der Waals surface area (Å²) < 4.78 is 6.49. The standard InChI is InChI=1S/C25H22BrNO4/c1-14-6-7-15(2)18(11-14)13-27-22(20-5-4-10-31-20)21(24(29)25(27)30)23(28)17-8-9-19(26)16(3)12-17/h4-12,22,28H,13H2,1-3H3/b23-21-. The van der Waals surface area contributed by atoms with Crippen LogP contribution in [-0.2, 0) is 16.1 Å². The summed E-state index contributed by atoms with van der Waals surface area (Å²) in [5.41, 5.74) is 4.45. The lowest BCUT2D eigenvalue weighted by molar-refractivity contribution is -0.140. The van der Waals surface area contributed by atoms with Crippen LogP contribution in [-0.4, -0.2) is 21.7 Å². The molecule has 3 aromatic rings. The number of ketones is 1. The van der Waals surface area contributed by atoms with E-state index in [2.05, 4.69) is 15.9 Å². The fraction of sp³-hybridized carbons (Fsp3) is 0.200. The first-order chi connectivity index (χ1) is 14.8. The number of hydrogen-bond donors (Lipinski definition) is 1. The van der Waals surface area contributed by atoms with Crippen molar-refractivity contribution in [2.45, 2.75) is 33.4 Å². The normalized spacial score (nSPS) is 18.1. The number of aliphatic hydroxyl groups is 1. The molecule has 1 aliphatic rings. The minimum Gasteiger partial charge on any atom is -0.507 e. The van der Waals surface area contributed by atoms with Crippen molar-refractivity contribution in [3.63, 3.8) is 0 Å². The predicted molar refractivity (Wildman–Crippen MR) is 121 cm³/mol. The minimum absolute atomic E-state index is 0.0342. The van der Waals surface area contributed by atoms with Crippen LogP contribution < -0.4 is 0 Å². The molecule has 0 aliphatic carbocycles. The van der Waals surface area contributed by atoms with E-state index in [-0.39, 0.29) is 17.9 Å². The largest absolute Gasteiger partial charge is 0.507 e. The Morgan fingerprint density at radius 1 is 1.06 bits per heavy atom. The van der Waals surface area contributed by atoms with Gasteiger partial charge in [0.1, 0.15) is 17.6 Å². The fourth-order valence-corrected chi connectivity index (χ4v) is 4.13. The zero-order valence-electron chi connectivity index (χ0n) is 17.5. The van der Waals surface area contributed by atoms with Gasteiger partial charge in [0.05, 0.1) is 11.8 Å². The van der Waals surface area contributed by atoms with Crippen LogP contribution in [0.15, 0.2) is 69.3 Å².